The molecule has 6 heteroatoms. The molecule has 0 aliphatic heterocycles. The largest absolute Gasteiger partial charge is 0.482 e. The monoisotopic (exact) mass is 346 g/mol. The molecule has 1 N–H and O–H groups in total. The van der Waals surface area contributed by atoms with Gasteiger partial charge in [-0.25, -0.2) is 0 Å². The van der Waals surface area contributed by atoms with E-state index in [2.05, 4.69) is 5.32 Å². The van der Waals surface area contributed by atoms with E-state index in [9.17, 15) is 9.59 Å². The van der Waals surface area contributed by atoms with Crippen LogP contribution in [-0.4, -0.2) is 37.4 Å². The Labute approximate surface area is 146 Å². The summed E-state index contributed by atoms with van der Waals surface area (Å²) < 4.78 is 5.45. The fraction of sp³-hybridized carbons (Fsp3) is 0.222. The lowest BCUT2D eigenvalue weighted by molar-refractivity contribution is -0.132. The second-order valence-corrected chi connectivity index (χ2v) is 5.65. The summed E-state index contributed by atoms with van der Waals surface area (Å²) in [4.78, 5) is 25.2. The number of amides is 2. The smallest absolute Gasteiger partial charge is 0.260 e. The maximum absolute atomic E-state index is 12.1. The van der Waals surface area contributed by atoms with E-state index in [1.165, 1.54) is 0 Å². The average molecular weight is 347 g/mol. The van der Waals surface area contributed by atoms with Gasteiger partial charge in [-0.3, -0.25) is 9.59 Å². The summed E-state index contributed by atoms with van der Waals surface area (Å²) in [5.74, 6) is 0.181. The van der Waals surface area contributed by atoms with Crippen LogP contribution in [0.25, 0.3) is 0 Å². The zero-order chi connectivity index (χ0) is 17.5. The highest BCUT2D eigenvalue weighted by Crippen LogP contribution is 2.23. The molecule has 0 saturated carbocycles. The molecule has 0 saturated heterocycles. The molecule has 0 aliphatic rings. The molecule has 5 nitrogen and oxygen atoms in total. The van der Waals surface area contributed by atoms with E-state index >= 15 is 0 Å². The molecule has 0 fully saturated rings. The summed E-state index contributed by atoms with van der Waals surface area (Å²) in [5.41, 5.74) is 1.51. The summed E-state index contributed by atoms with van der Waals surface area (Å²) in [6.07, 6.45) is 0. The van der Waals surface area contributed by atoms with E-state index < -0.39 is 0 Å². The number of benzene rings is 2. The van der Waals surface area contributed by atoms with Crippen LogP contribution in [0, 0.1) is 0 Å². The first-order chi connectivity index (χ1) is 11.5. The Morgan fingerprint density at radius 3 is 2.42 bits per heavy atom. The minimum atomic E-state index is -0.162. The van der Waals surface area contributed by atoms with Gasteiger partial charge < -0.3 is 15.0 Å². The molecule has 0 unspecified atom stereocenters. The molecule has 0 radical (unpaired) electrons. The van der Waals surface area contributed by atoms with Gasteiger partial charge in [-0.1, -0.05) is 35.9 Å². The van der Waals surface area contributed by atoms with Crippen LogP contribution in [0.4, 0.5) is 0 Å². The van der Waals surface area contributed by atoms with E-state index in [4.69, 9.17) is 16.3 Å². The van der Waals surface area contributed by atoms with Crippen LogP contribution in [0.15, 0.2) is 48.5 Å². The predicted molar refractivity (Wildman–Crippen MR) is 93.3 cm³/mol. The lowest BCUT2D eigenvalue weighted by Gasteiger charge is -2.18. The maximum Gasteiger partial charge on any atom is 0.260 e. The summed E-state index contributed by atoms with van der Waals surface area (Å²) in [6, 6.07) is 14.1. The zero-order valence-electron chi connectivity index (χ0n) is 13.6. The molecule has 2 aromatic rings. The van der Waals surface area contributed by atoms with Crippen molar-refractivity contribution in [1.29, 1.82) is 0 Å². The number of nitrogens with zero attached hydrogens (tertiary/aromatic N) is 1. The van der Waals surface area contributed by atoms with Crippen molar-refractivity contribution in [3.05, 3.63) is 64.7 Å². The van der Waals surface area contributed by atoms with Crippen LogP contribution >= 0.6 is 11.6 Å². The third-order valence-electron chi connectivity index (χ3n) is 3.48. The van der Waals surface area contributed by atoms with Crippen LogP contribution < -0.4 is 10.1 Å². The quantitative estimate of drug-likeness (QED) is 0.875. The molecule has 2 amide bonds. The fourth-order valence-corrected chi connectivity index (χ4v) is 2.27. The van der Waals surface area contributed by atoms with Gasteiger partial charge in [-0.15, -0.1) is 0 Å². The van der Waals surface area contributed by atoms with Crippen molar-refractivity contribution in [3.63, 3.8) is 0 Å². The molecule has 0 aromatic heterocycles. The molecule has 2 rings (SSSR count). The molecule has 2 aromatic carbocycles. The Balaban J connectivity index is 1.89. The van der Waals surface area contributed by atoms with Crippen LogP contribution in [-0.2, 0) is 11.3 Å². The number of rotatable bonds is 6. The molecule has 0 bridgehead atoms. The van der Waals surface area contributed by atoms with Crippen molar-refractivity contribution in [2.45, 2.75) is 6.54 Å². The van der Waals surface area contributed by atoms with Gasteiger partial charge in [-0.2, -0.15) is 0 Å². The summed E-state index contributed by atoms with van der Waals surface area (Å²) in [7, 11) is 3.28. The second-order valence-electron chi connectivity index (χ2n) is 5.24. The Morgan fingerprint density at radius 1 is 1.12 bits per heavy atom. The van der Waals surface area contributed by atoms with E-state index in [1.807, 2.05) is 12.1 Å². The van der Waals surface area contributed by atoms with Crippen LogP contribution in [0.1, 0.15) is 15.9 Å². The van der Waals surface area contributed by atoms with Crippen LogP contribution in [0.3, 0.4) is 0 Å². The van der Waals surface area contributed by atoms with Gasteiger partial charge >= 0.3 is 0 Å². The van der Waals surface area contributed by atoms with Gasteiger partial charge in [-0.05, 0) is 29.8 Å². The molecule has 0 aliphatic carbocycles. The number of carbonyl (C=O) groups is 2. The van der Waals surface area contributed by atoms with Gasteiger partial charge in [0.1, 0.15) is 5.75 Å². The number of likely N-dealkylation sites (N-methyl/N-ethyl adjacent to an activating group) is 1. The van der Waals surface area contributed by atoms with E-state index in [0.29, 0.717) is 22.9 Å². The summed E-state index contributed by atoms with van der Waals surface area (Å²) in [5, 5.41) is 3.04. The number of hydrogen-bond acceptors (Lipinski definition) is 3. The first-order valence-corrected chi connectivity index (χ1v) is 7.81. The van der Waals surface area contributed by atoms with Gasteiger partial charge in [0.05, 0.1) is 5.02 Å². The predicted octanol–water partition coefficient (Wildman–Crippen LogP) is 2.74. The van der Waals surface area contributed by atoms with Crippen LogP contribution in [0.5, 0.6) is 5.75 Å². The lowest BCUT2D eigenvalue weighted by atomic mass is 10.1. The van der Waals surface area contributed by atoms with Crippen molar-refractivity contribution in [1.82, 2.24) is 10.2 Å². The summed E-state index contributed by atoms with van der Waals surface area (Å²) >= 11 is 5.99. The van der Waals surface area contributed by atoms with Crippen molar-refractivity contribution in [3.8, 4) is 5.75 Å². The van der Waals surface area contributed by atoms with Gasteiger partial charge in [0.25, 0.3) is 11.8 Å². The molecule has 0 atom stereocenters. The van der Waals surface area contributed by atoms with Crippen molar-refractivity contribution < 1.29 is 14.3 Å². The number of hydrogen-bond donors (Lipinski definition) is 1. The number of carbonyl (C=O) groups excluding carboxylic acids is 2. The molecular weight excluding hydrogens is 328 g/mol. The van der Waals surface area contributed by atoms with Crippen molar-refractivity contribution in [2.24, 2.45) is 0 Å². The normalized spacial score (nSPS) is 10.1. The lowest BCUT2D eigenvalue weighted by Crippen LogP contribution is -2.31. The minimum absolute atomic E-state index is 0.0867. The highest BCUT2D eigenvalue weighted by molar-refractivity contribution is 6.32. The van der Waals surface area contributed by atoms with E-state index in [-0.39, 0.29) is 18.4 Å². The third kappa shape index (κ3) is 4.73. The number of halogens is 1. The van der Waals surface area contributed by atoms with E-state index in [1.54, 1.807) is 55.4 Å². The first-order valence-electron chi connectivity index (χ1n) is 7.43. The standard InChI is InChI=1S/C18H19ClN2O3/c1-20-18(23)14-9-7-13(8-10-14)11-21(2)17(22)12-24-16-6-4-3-5-15(16)19/h3-10H,11-12H2,1-2H3,(H,20,23). The Kier molecular flexibility index (Phi) is 6.21. The average Bonchev–Trinajstić information content (AvgIpc) is 2.60. The summed E-state index contributed by atoms with van der Waals surface area (Å²) in [6.45, 7) is 0.343. The number of para-hydroxylation sites is 1. The maximum atomic E-state index is 12.1. The minimum Gasteiger partial charge on any atom is -0.482 e. The first kappa shape index (κ1) is 17.8. The van der Waals surface area contributed by atoms with Crippen LogP contribution in [0.2, 0.25) is 5.02 Å². The fourth-order valence-electron chi connectivity index (χ4n) is 2.08. The van der Waals surface area contributed by atoms with Crippen molar-refractivity contribution >= 4 is 23.4 Å². The van der Waals surface area contributed by atoms with Crippen molar-refractivity contribution in [2.75, 3.05) is 20.7 Å². The highest BCUT2D eigenvalue weighted by Gasteiger charge is 2.12. The van der Waals surface area contributed by atoms with Gasteiger partial charge in [0.2, 0.25) is 0 Å². The van der Waals surface area contributed by atoms with E-state index in [0.717, 1.165) is 5.56 Å². The Morgan fingerprint density at radius 2 is 1.79 bits per heavy atom. The number of ether oxygens (including phenoxy) is 1. The zero-order valence-corrected chi connectivity index (χ0v) is 14.3. The second kappa shape index (κ2) is 8.36. The Hall–Kier alpha value is -2.53. The SMILES string of the molecule is CNC(=O)c1ccc(CN(C)C(=O)COc2ccccc2Cl)cc1. The van der Waals surface area contributed by atoms with Gasteiger partial charge in [0.15, 0.2) is 6.61 Å². The molecule has 126 valence electrons. The number of nitrogens with one attached hydrogen (secondary N) is 1. The topological polar surface area (TPSA) is 58.6 Å². The Bertz CT molecular complexity index is 716. The molecule has 0 spiro atoms. The third-order valence-corrected chi connectivity index (χ3v) is 3.79. The highest BCUT2D eigenvalue weighted by atomic mass is 35.5. The molecular formula is C18H19ClN2O3. The molecule has 24 heavy (non-hydrogen) atoms. The van der Waals surface area contributed by atoms with Gasteiger partial charge in [0, 0.05) is 26.2 Å². The molecule has 0 heterocycles.